The van der Waals surface area contributed by atoms with Crippen LogP contribution >= 0.6 is 11.6 Å². The van der Waals surface area contributed by atoms with Crippen LogP contribution in [-0.4, -0.2) is 77.7 Å². The van der Waals surface area contributed by atoms with Gasteiger partial charge in [-0.3, -0.25) is 20.0 Å². The van der Waals surface area contributed by atoms with Crippen molar-refractivity contribution in [2.45, 2.75) is 71.0 Å². The van der Waals surface area contributed by atoms with Crippen molar-refractivity contribution in [2.24, 2.45) is 5.92 Å². The lowest BCUT2D eigenvalue weighted by molar-refractivity contribution is -0.127. The number of amides is 2. The fraction of sp³-hybridized carbons (Fsp3) is 0.394. The van der Waals surface area contributed by atoms with Gasteiger partial charge in [-0.1, -0.05) is 41.9 Å². The second-order valence-electron chi connectivity index (χ2n) is 12.5. The first-order valence-corrected chi connectivity index (χ1v) is 15.6. The van der Waals surface area contributed by atoms with E-state index in [2.05, 4.69) is 55.4 Å². The molecule has 3 heterocycles. The fourth-order valence-corrected chi connectivity index (χ4v) is 5.72. The molecule has 4 atom stereocenters. The lowest BCUT2D eigenvalue weighted by atomic mass is 9.95. The maximum Gasteiger partial charge on any atom is 0.410 e. The molecule has 5 rings (SSSR count). The highest BCUT2D eigenvalue weighted by atomic mass is 35.5. The Morgan fingerprint density at radius 2 is 1.91 bits per heavy atom. The van der Waals surface area contributed by atoms with Crippen LogP contribution in [0.15, 0.2) is 73.3 Å². The van der Waals surface area contributed by atoms with Gasteiger partial charge >= 0.3 is 6.09 Å². The summed E-state index contributed by atoms with van der Waals surface area (Å²) in [7, 11) is 0. The van der Waals surface area contributed by atoms with Gasteiger partial charge in [-0.15, -0.1) is 5.10 Å². The Morgan fingerprint density at radius 3 is 2.59 bits per heavy atom. The summed E-state index contributed by atoms with van der Waals surface area (Å²) in [5, 5.41) is 28.7. The summed E-state index contributed by atoms with van der Waals surface area (Å²) in [4.78, 5) is 32.6. The van der Waals surface area contributed by atoms with E-state index < -0.39 is 30.0 Å². The largest absolute Gasteiger partial charge is 0.444 e. The Bertz CT molecular complexity index is 1610. The molecule has 0 bridgehead atoms. The van der Waals surface area contributed by atoms with Crippen molar-refractivity contribution in [1.29, 1.82) is 0 Å². The van der Waals surface area contributed by atoms with Crippen LogP contribution in [0.1, 0.15) is 45.2 Å². The molecular weight excluding hydrogens is 608 g/mol. The number of ether oxygens (including phenoxy) is 1. The van der Waals surface area contributed by atoms with E-state index in [1.807, 2.05) is 18.3 Å². The number of tetrazole rings is 1. The van der Waals surface area contributed by atoms with E-state index >= 15 is 0 Å². The Labute approximate surface area is 273 Å². The van der Waals surface area contributed by atoms with Gasteiger partial charge in [0.2, 0.25) is 5.91 Å². The maximum absolute atomic E-state index is 13.6. The smallest absolute Gasteiger partial charge is 0.410 e. The van der Waals surface area contributed by atoms with E-state index in [0.717, 1.165) is 22.3 Å². The average Bonchev–Trinajstić information content (AvgIpc) is 3.71. The third-order valence-corrected chi connectivity index (χ3v) is 8.01. The van der Waals surface area contributed by atoms with Crippen LogP contribution in [0.4, 0.5) is 4.79 Å². The zero-order valence-corrected chi connectivity index (χ0v) is 27.1. The van der Waals surface area contributed by atoms with Crippen molar-refractivity contribution in [3.8, 4) is 16.8 Å². The second-order valence-corrected chi connectivity index (χ2v) is 13.0. The minimum Gasteiger partial charge on any atom is -0.444 e. The number of carbonyl (C=O) groups is 2. The summed E-state index contributed by atoms with van der Waals surface area (Å²) in [6.07, 6.45) is 4.55. The van der Waals surface area contributed by atoms with Crippen LogP contribution in [0.5, 0.6) is 0 Å². The van der Waals surface area contributed by atoms with E-state index in [-0.39, 0.29) is 18.4 Å². The van der Waals surface area contributed by atoms with Gasteiger partial charge < -0.3 is 15.2 Å². The lowest BCUT2D eigenvalue weighted by Crippen LogP contribution is -2.54. The first-order valence-electron chi connectivity index (χ1n) is 15.2. The second kappa shape index (κ2) is 14.4. The van der Waals surface area contributed by atoms with Gasteiger partial charge in [0.15, 0.2) is 0 Å². The number of carbonyl (C=O) groups excluding carboxylic acids is 2. The normalized spacial score (nSPS) is 17.8. The molecule has 0 saturated carbocycles. The molecule has 0 radical (unpaired) electrons. The van der Waals surface area contributed by atoms with Crippen molar-refractivity contribution < 1.29 is 19.4 Å². The summed E-state index contributed by atoms with van der Waals surface area (Å²) < 4.78 is 7.17. The quantitative estimate of drug-likeness (QED) is 0.216. The summed E-state index contributed by atoms with van der Waals surface area (Å²) in [6, 6.07) is 16.0. The van der Waals surface area contributed by atoms with Crippen molar-refractivity contribution in [1.82, 2.24) is 40.7 Å². The van der Waals surface area contributed by atoms with Crippen LogP contribution in [0.25, 0.3) is 16.8 Å². The summed E-state index contributed by atoms with van der Waals surface area (Å²) >= 11 is 6.22. The van der Waals surface area contributed by atoms with Crippen LogP contribution in [0.3, 0.4) is 0 Å². The van der Waals surface area contributed by atoms with Crippen molar-refractivity contribution in [3.63, 3.8) is 0 Å². The number of hydrogen-bond acceptors (Lipinski definition) is 9. The number of aromatic nitrogens is 5. The number of nitrogens with zero attached hydrogens (tertiary/aromatic N) is 6. The highest BCUT2D eigenvalue weighted by Gasteiger charge is 2.42. The number of aliphatic hydroxyl groups is 1. The predicted octanol–water partition coefficient (Wildman–Crippen LogP) is 4.16. The number of likely N-dealkylation sites (tertiary alicyclic amines) is 1. The molecule has 1 saturated heterocycles. The number of aliphatic hydroxyl groups excluding tert-OH is 1. The lowest BCUT2D eigenvalue weighted by Gasteiger charge is -2.29. The molecule has 1 aliphatic heterocycles. The number of pyridine rings is 1. The van der Waals surface area contributed by atoms with E-state index in [4.69, 9.17) is 16.3 Å². The Kier molecular flexibility index (Phi) is 10.3. The van der Waals surface area contributed by atoms with E-state index in [1.54, 1.807) is 52.1 Å². The highest BCUT2D eigenvalue weighted by Crippen LogP contribution is 2.29. The molecule has 242 valence electrons. The number of hydrogen-bond donors (Lipinski definition) is 3. The molecule has 1 fully saturated rings. The minimum atomic E-state index is -1.10. The van der Waals surface area contributed by atoms with Gasteiger partial charge in [-0.2, -0.15) is 0 Å². The molecule has 13 heteroatoms. The topological polar surface area (TPSA) is 147 Å². The number of halogens is 1. The van der Waals surface area contributed by atoms with E-state index in [9.17, 15) is 14.7 Å². The first kappa shape index (κ1) is 33.0. The summed E-state index contributed by atoms with van der Waals surface area (Å²) in [5.74, 6) is -0.316. The molecule has 46 heavy (non-hydrogen) atoms. The zero-order valence-electron chi connectivity index (χ0n) is 26.3. The molecule has 2 aromatic heterocycles. The fourth-order valence-electron chi connectivity index (χ4n) is 5.52. The monoisotopic (exact) mass is 646 g/mol. The van der Waals surface area contributed by atoms with Gasteiger partial charge in [0.1, 0.15) is 24.2 Å². The predicted molar refractivity (Wildman–Crippen MR) is 173 cm³/mol. The van der Waals surface area contributed by atoms with Crippen molar-refractivity contribution in [2.75, 3.05) is 6.54 Å². The maximum atomic E-state index is 13.6. The van der Waals surface area contributed by atoms with Gasteiger partial charge in [-0.05, 0) is 103 Å². The molecule has 12 nitrogen and oxygen atoms in total. The molecule has 3 N–H and O–H groups in total. The highest BCUT2D eigenvalue weighted by molar-refractivity contribution is 6.30. The van der Waals surface area contributed by atoms with Crippen molar-refractivity contribution in [3.05, 3.63) is 89.5 Å². The standard InChI is InChI=1S/C33H39ClN8O4/c1-21(30(43)36-18-26-16-27(34)11-12-28(26)42-20-37-39-40-42)38-31(44)29-15-23(19-41(29)32(45)46-33(2,3)4)14-22-7-9-24(10-8-22)25-6-5-13-35-17-25/h5-13,16-17,20-21,23,29-30,36,43H,14-15,18-19H2,1-4H3,(H,38,44)/t21-,23-,29+,30?/m0/s1. The molecule has 2 aromatic carbocycles. The van der Waals surface area contributed by atoms with Crippen LogP contribution < -0.4 is 10.6 Å². The third-order valence-electron chi connectivity index (χ3n) is 7.77. The summed E-state index contributed by atoms with van der Waals surface area (Å²) in [5.41, 5.74) is 3.95. The number of nitrogens with one attached hydrogen (secondary N) is 2. The van der Waals surface area contributed by atoms with Crippen LogP contribution in [0, 0.1) is 5.92 Å². The Morgan fingerprint density at radius 1 is 1.13 bits per heavy atom. The molecule has 1 unspecified atom stereocenters. The average molecular weight is 647 g/mol. The van der Waals surface area contributed by atoms with Crippen molar-refractivity contribution >= 4 is 23.6 Å². The van der Waals surface area contributed by atoms with Crippen LogP contribution in [-0.2, 0) is 22.5 Å². The molecule has 0 aliphatic carbocycles. The summed E-state index contributed by atoms with van der Waals surface area (Å²) in [6.45, 7) is 7.70. The van der Waals surface area contributed by atoms with Gasteiger partial charge in [0.25, 0.3) is 0 Å². The number of rotatable bonds is 10. The van der Waals surface area contributed by atoms with Gasteiger partial charge in [-0.25, -0.2) is 9.48 Å². The molecule has 2 amide bonds. The molecule has 4 aromatic rings. The molecule has 1 aliphatic rings. The van der Waals surface area contributed by atoms with Gasteiger partial charge in [0, 0.05) is 30.5 Å². The molecule has 0 spiro atoms. The molecular formula is C33H39ClN8O4. The Balaban J connectivity index is 1.23. The van der Waals surface area contributed by atoms with Gasteiger partial charge in [0.05, 0.1) is 11.7 Å². The SMILES string of the molecule is C[C@H](NC(=O)[C@H]1C[C@H](Cc2ccc(-c3cccnc3)cc2)CN1C(=O)OC(C)(C)C)C(O)NCc1cc(Cl)ccc1-n1cnnn1. The minimum absolute atomic E-state index is 0.0402. The van der Waals surface area contributed by atoms with E-state index in [0.29, 0.717) is 30.1 Å². The third kappa shape index (κ3) is 8.45. The number of benzene rings is 2. The first-order chi connectivity index (χ1) is 22.0. The Hall–Kier alpha value is -4.39. The van der Waals surface area contributed by atoms with E-state index in [1.165, 1.54) is 15.9 Å². The zero-order chi connectivity index (χ0) is 32.8. The van der Waals surface area contributed by atoms with Crippen LogP contribution in [0.2, 0.25) is 5.02 Å².